The number of fused-ring (bicyclic) bond motifs is 8. The van der Waals surface area contributed by atoms with Crippen LogP contribution >= 0.6 is 0 Å². The Kier molecular flexibility index (Phi) is 6.31. The second-order valence-corrected chi connectivity index (χ2v) is 13.5. The van der Waals surface area contributed by atoms with Crippen LogP contribution in [0.15, 0.2) is 154 Å². The molecule has 3 heterocycles. The molecule has 0 saturated heterocycles. The Morgan fingerprint density at radius 2 is 1.10 bits per heavy atom. The Labute approximate surface area is 298 Å². The van der Waals surface area contributed by atoms with E-state index >= 15 is 0 Å². The number of nitrogens with zero attached hydrogens (tertiary/aromatic N) is 3. The molecule has 0 fully saturated rings. The topological polar surface area (TPSA) is 65.0 Å². The Morgan fingerprint density at radius 1 is 0.462 bits per heavy atom. The molecule has 3 aromatic heterocycles. The molecule has 0 N–H and O–H groups in total. The van der Waals surface area contributed by atoms with Gasteiger partial charge in [-0.15, -0.1) is 0 Å². The Hall–Kier alpha value is -6.85. The first-order valence-electron chi connectivity index (χ1n) is 17.7. The van der Waals surface area contributed by atoms with Gasteiger partial charge in [-0.1, -0.05) is 127 Å². The standard InChI is InChI=1S/C47H29N3O2/c1-3-12-30-26-32(24-22-28(30)10-1)45-48-46(33-25-23-29-11-2-4-13-31(29)27-33)50-47(49-45)39-19-9-21-41-42(39)38-18-8-17-37(44(38)52-41)36-16-7-15-35-34-14-5-6-20-40(34)51-43(35)36/h1,3-10,12-27H,2,11H2. The van der Waals surface area contributed by atoms with Gasteiger partial charge in [-0.2, -0.15) is 0 Å². The zero-order valence-corrected chi connectivity index (χ0v) is 28.0. The minimum absolute atomic E-state index is 0.597. The average Bonchev–Trinajstić information content (AvgIpc) is 3.79. The van der Waals surface area contributed by atoms with Crippen molar-refractivity contribution in [2.45, 2.75) is 12.8 Å². The lowest BCUT2D eigenvalue weighted by molar-refractivity contribution is 0.665. The fraction of sp³-hybridized carbons (Fsp3) is 0.0426. The first kappa shape index (κ1) is 28.9. The highest BCUT2D eigenvalue weighted by Crippen LogP contribution is 2.43. The van der Waals surface area contributed by atoms with Crippen LogP contribution < -0.4 is 0 Å². The third kappa shape index (κ3) is 4.53. The van der Waals surface area contributed by atoms with Gasteiger partial charge in [0, 0.05) is 49.4 Å². The molecule has 0 atom stereocenters. The van der Waals surface area contributed by atoms with Crippen LogP contribution in [-0.2, 0) is 6.42 Å². The molecule has 1 aliphatic rings. The lowest BCUT2D eigenvalue weighted by Gasteiger charge is -2.13. The van der Waals surface area contributed by atoms with Crippen molar-refractivity contribution in [2.24, 2.45) is 0 Å². The number of aromatic nitrogens is 3. The Balaban J connectivity index is 1.14. The summed E-state index contributed by atoms with van der Waals surface area (Å²) in [7, 11) is 0. The first-order valence-corrected chi connectivity index (χ1v) is 17.7. The number of para-hydroxylation sites is 3. The van der Waals surface area contributed by atoms with Gasteiger partial charge >= 0.3 is 0 Å². The quantitative estimate of drug-likeness (QED) is 0.187. The van der Waals surface area contributed by atoms with E-state index in [2.05, 4.69) is 121 Å². The van der Waals surface area contributed by atoms with Crippen LogP contribution in [0.3, 0.4) is 0 Å². The summed E-state index contributed by atoms with van der Waals surface area (Å²) in [4.78, 5) is 15.5. The van der Waals surface area contributed by atoms with E-state index in [0.29, 0.717) is 17.5 Å². The van der Waals surface area contributed by atoms with E-state index in [0.717, 1.165) is 89.9 Å². The summed E-state index contributed by atoms with van der Waals surface area (Å²) in [6, 6.07) is 48.2. The predicted molar refractivity (Wildman–Crippen MR) is 211 cm³/mol. The summed E-state index contributed by atoms with van der Waals surface area (Å²) < 4.78 is 13.2. The van der Waals surface area contributed by atoms with E-state index in [1.165, 1.54) is 16.5 Å². The average molecular weight is 668 g/mol. The number of hydrogen-bond donors (Lipinski definition) is 0. The molecule has 0 bridgehead atoms. The van der Waals surface area contributed by atoms with Gasteiger partial charge in [0.15, 0.2) is 17.5 Å². The fourth-order valence-corrected chi connectivity index (χ4v) is 7.85. The molecule has 0 spiro atoms. The molecule has 0 amide bonds. The van der Waals surface area contributed by atoms with E-state index in [9.17, 15) is 0 Å². The molecule has 0 unspecified atom stereocenters. The second-order valence-electron chi connectivity index (χ2n) is 13.5. The number of furan rings is 2. The molecule has 10 aromatic rings. The molecule has 0 aliphatic heterocycles. The van der Waals surface area contributed by atoms with Crippen LogP contribution in [0.25, 0.3) is 106 Å². The van der Waals surface area contributed by atoms with Crippen molar-refractivity contribution in [1.82, 2.24) is 15.0 Å². The molecule has 5 nitrogen and oxygen atoms in total. The SMILES string of the molecule is C1=Cc2cc(-c3nc(-c4ccc5ccccc5c4)nc(-c4cccc5oc6c(-c7cccc8c7oc7ccccc78)cccc6c45)n3)ccc2CC1. The number of allylic oxidation sites excluding steroid dienone is 1. The van der Waals surface area contributed by atoms with Crippen LogP contribution in [0.4, 0.5) is 0 Å². The highest BCUT2D eigenvalue weighted by Gasteiger charge is 2.21. The first-order chi connectivity index (χ1) is 25.7. The zero-order chi connectivity index (χ0) is 34.2. The minimum Gasteiger partial charge on any atom is -0.455 e. The van der Waals surface area contributed by atoms with Crippen LogP contribution in [0.5, 0.6) is 0 Å². The number of aryl methyl sites for hydroxylation is 1. The third-order valence-corrected chi connectivity index (χ3v) is 10.4. The van der Waals surface area contributed by atoms with Gasteiger partial charge in [0.05, 0.1) is 0 Å². The summed E-state index contributed by atoms with van der Waals surface area (Å²) in [6.07, 6.45) is 6.54. The van der Waals surface area contributed by atoms with Gasteiger partial charge < -0.3 is 8.83 Å². The highest BCUT2D eigenvalue weighted by molar-refractivity contribution is 6.17. The summed E-state index contributed by atoms with van der Waals surface area (Å²) in [5, 5.41) is 6.44. The van der Waals surface area contributed by atoms with Crippen molar-refractivity contribution in [3.05, 3.63) is 157 Å². The van der Waals surface area contributed by atoms with Crippen molar-refractivity contribution >= 4 is 60.7 Å². The summed E-state index contributed by atoms with van der Waals surface area (Å²) >= 11 is 0. The smallest absolute Gasteiger partial charge is 0.164 e. The van der Waals surface area contributed by atoms with E-state index < -0.39 is 0 Å². The molecular formula is C47H29N3O2. The third-order valence-electron chi connectivity index (χ3n) is 10.4. The van der Waals surface area contributed by atoms with E-state index in [1.807, 2.05) is 30.3 Å². The normalized spacial score (nSPS) is 12.8. The molecule has 244 valence electrons. The van der Waals surface area contributed by atoms with Gasteiger partial charge in [-0.3, -0.25) is 0 Å². The van der Waals surface area contributed by atoms with Crippen molar-refractivity contribution in [1.29, 1.82) is 0 Å². The largest absolute Gasteiger partial charge is 0.455 e. The van der Waals surface area contributed by atoms with Gasteiger partial charge in [0.25, 0.3) is 0 Å². The Bertz CT molecular complexity index is 3090. The molecule has 5 heteroatoms. The summed E-state index contributed by atoms with van der Waals surface area (Å²) in [6.45, 7) is 0. The molecule has 1 aliphatic carbocycles. The van der Waals surface area contributed by atoms with Crippen molar-refractivity contribution in [3.63, 3.8) is 0 Å². The van der Waals surface area contributed by atoms with Gasteiger partial charge in [0.2, 0.25) is 0 Å². The lowest BCUT2D eigenvalue weighted by Crippen LogP contribution is -2.01. The molecule has 52 heavy (non-hydrogen) atoms. The van der Waals surface area contributed by atoms with Crippen LogP contribution in [0, 0.1) is 0 Å². The van der Waals surface area contributed by atoms with Crippen LogP contribution in [-0.4, -0.2) is 15.0 Å². The number of rotatable bonds is 4. The van der Waals surface area contributed by atoms with Crippen molar-refractivity contribution in [2.75, 3.05) is 0 Å². The Morgan fingerprint density at radius 3 is 1.98 bits per heavy atom. The van der Waals surface area contributed by atoms with Crippen molar-refractivity contribution < 1.29 is 8.83 Å². The maximum absolute atomic E-state index is 6.74. The molecule has 7 aromatic carbocycles. The number of benzene rings is 7. The summed E-state index contributed by atoms with van der Waals surface area (Å²) in [5.74, 6) is 1.86. The van der Waals surface area contributed by atoms with Gasteiger partial charge in [-0.05, 0) is 59.0 Å². The van der Waals surface area contributed by atoms with Crippen LogP contribution in [0.1, 0.15) is 17.5 Å². The number of hydrogen-bond acceptors (Lipinski definition) is 5. The van der Waals surface area contributed by atoms with Gasteiger partial charge in [0.1, 0.15) is 22.3 Å². The fourth-order valence-electron chi connectivity index (χ4n) is 7.85. The molecule has 0 saturated carbocycles. The molecular weight excluding hydrogens is 639 g/mol. The zero-order valence-electron chi connectivity index (χ0n) is 28.0. The molecule has 0 radical (unpaired) electrons. The van der Waals surface area contributed by atoms with E-state index in [1.54, 1.807) is 0 Å². The maximum atomic E-state index is 6.74. The van der Waals surface area contributed by atoms with E-state index in [4.69, 9.17) is 23.8 Å². The summed E-state index contributed by atoms with van der Waals surface area (Å²) in [5.41, 5.74) is 10.6. The monoisotopic (exact) mass is 667 g/mol. The van der Waals surface area contributed by atoms with Gasteiger partial charge in [-0.25, -0.2) is 15.0 Å². The second kappa shape index (κ2) is 11.3. The predicted octanol–water partition coefficient (Wildman–Crippen LogP) is 12.5. The van der Waals surface area contributed by atoms with Crippen molar-refractivity contribution in [3.8, 4) is 45.3 Å². The van der Waals surface area contributed by atoms with Crippen LogP contribution in [0.2, 0.25) is 0 Å². The highest BCUT2D eigenvalue weighted by atomic mass is 16.3. The molecule has 11 rings (SSSR count). The maximum Gasteiger partial charge on any atom is 0.164 e. The lowest BCUT2D eigenvalue weighted by atomic mass is 9.95. The minimum atomic E-state index is 0.597. The van der Waals surface area contributed by atoms with E-state index in [-0.39, 0.29) is 0 Å².